The van der Waals surface area contributed by atoms with Gasteiger partial charge in [-0.15, -0.1) is 24.8 Å². The van der Waals surface area contributed by atoms with Gasteiger partial charge in [-0.3, -0.25) is 0 Å². The maximum absolute atomic E-state index is 2.80. The molecule has 0 nitrogen and oxygen atoms in total. The number of rotatable bonds is 8. The molecule has 202 valence electrons. The quantitative estimate of drug-likeness (QED) is 0.159. The Bertz CT molecular complexity index is 1460. The van der Waals surface area contributed by atoms with Crippen molar-refractivity contribution in [2.45, 2.75) is 68.1 Å². The molecule has 0 aromatic heterocycles. The fourth-order valence-corrected chi connectivity index (χ4v) is 35.9. The SMILES string of the molecule is CCCCC1=Cc2c(ccc3ccccc23)[CH]1[Hf]1([CH]2C(CCCC)=Cc3c2ccc2ccccc32)[CH2][CH2]1.Cl.Cl. The van der Waals surface area contributed by atoms with Crippen molar-refractivity contribution in [1.82, 2.24) is 0 Å². The molecule has 0 N–H and O–H groups in total. The second-order valence-electron chi connectivity index (χ2n) is 11.8. The summed E-state index contributed by atoms with van der Waals surface area (Å²) < 4.78 is 4.67. The predicted molar refractivity (Wildman–Crippen MR) is 172 cm³/mol. The van der Waals surface area contributed by atoms with Gasteiger partial charge in [0.2, 0.25) is 0 Å². The van der Waals surface area contributed by atoms with Gasteiger partial charge in [-0.05, 0) is 0 Å². The van der Waals surface area contributed by atoms with Crippen LogP contribution in [0, 0.1) is 0 Å². The molecule has 1 aliphatic heterocycles. The van der Waals surface area contributed by atoms with Crippen molar-refractivity contribution < 1.29 is 20.0 Å². The van der Waals surface area contributed by atoms with E-state index >= 15 is 0 Å². The van der Waals surface area contributed by atoms with Crippen molar-refractivity contribution >= 4 is 58.5 Å². The molecule has 1 saturated heterocycles. The Labute approximate surface area is 251 Å². The Morgan fingerprint density at radius 1 is 0.590 bits per heavy atom. The number of fused-ring (bicyclic) bond motifs is 6. The van der Waals surface area contributed by atoms with E-state index in [9.17, 15) is 0 Å². The molecule has 0 bridgehead atoms. The molecule has 0 spiro atoms. The Kier molecular flexibility index (Phi) is 8.63. The van der Waals surface area contributed by atoms with Crippen LogP contribution in [0.5, 0.6) is 0 Å². The van der Waals surface area contributed by atoms with Gasteiger partial charge in [-0.25, -0.2) is 0 Å². The van der Waals surface area contributed by atoms with E-state index in [1.807, 2.05) is 0 Å². The summed E-state index contributed by atoms with van der Waals surface area (Å²) in [7, 11) is 0. The van der Waals surface area contributed by atoms with Crippen LogP contribution in [0.4, 0.5) is 0 Å². The smallest absolute Gasteiger partial charge is 0.147 e. The third-order valence-corrected chi connectivity index (χ3v) is 28.8. The average Bonchev–Trinajstić information content (AvgIpc) is 3.48. The first-order chi connectivity index (χ1) is 18.2. The Morgan fingerprint density at radius 3 is 1.44 bits per heavy atom. The molecule has 0 amide bonds. The van der Waals surface area contributed by atoms with Crippen LogP contribution >= 0.6 is 24.8 Å². The van der Waals surface area contributed by atoms with E-state index in [2.05, 4.69) is 98.8 Å². The van der Waals surface area contributed by atoms with E-state index in [1.54, 1.807) is 41.8 Å². The van der Waals surface area contributed by atoms with Gasteiger partial charge in [-0.1, -0.05) is 0 Å². The first kappa shape index (κ1) is 28.8. The zero-order chi connectivity index (χ0) is 25.0. The Hall–Kier alpha value is -1.67. The number of benzene rings is 4. The summed E-state index contributed by atoms with van der Waals surface area (Å²) in [5.74, 6) is 0. The summed E-state index contributed by atoms with van der Waals surface area (Å²) in [6, 6.07) is 28.1. The summed E-state index contributed by atoms with van der Waals surface area (Å²) in [6.07, 6.45) is 13.1. The maximum atomic E-state index is 2.67. The first-order valence-electron chi connectivity index (χ1n) is 14.7. The van der Waals surface area contributed by atoms with Crippen LogP contribution < -0.4 is 0 Å². The van der Waals surface area contributed by atoms with Crippen LogP contribution in [0.15, 0.2) is 83.9 Å². The van der Waals surface area contributed by atoms with Crippen LogP contribution in [-0.4, -0.2) is 0 Å². The van der Waals surface area contributed by atoms with Gasteiger partial charge in [0.15, 0.2) is 0 Å². The van der Waals surface area contributed by atoms with Crippen LogP contribution in [0.2, 0.25) is 8.35 Å². The molecular weight excluding hydrogens is 682 g/mol. The second-order valence-corrected chi connectivity index (χ2v) is 28.4. The number of hydrogen-bond donors (Lipinski definition) is 0. The predicted octanol–water partition coefficient (Wildman–Crippen LogP) is 11.8. The summed E-state index contributed by atoms with van der Waals surface area (Å²) in [5.41, 5.74) is 10.1. The molecule has 4 aromatic carbocycles. The van der Waals surface area contributed by atoms with E-state index in [4.69, 9.17) is 0 Å². The summed E-state index contributed by atoms with van der Waals surface area (Å²) in [4.78, 5) is 0. The summed E-state index contributed by atoms with van der Waals surface area (Å²) >= 11 is -2.80. The minimum atomic E-state index is -2.80. The topological polar surface area (TPSA) is 0 Å². The van der Waals surface area contributed by atoms with Crippen molar-refractivity contribution in [2.24, 2.45) is 0 Å². The van der Waals surface area contributed by atoms with Gasteiger partial charge in [0, 0.05) is 0 Å². The van der Waals surface area contributed by atoms with E-state index < -0.39 is 20.0 Å². The molecule has 2 unspecified atom stereocenters. The van der Waals surface area contributed by atoms with E-state index in [0.717, 1.165) is 7.35 Å². The standard InChI is InChI=1S/2C17H17.C2H4.2ClH.Hf/c2*1-2-3-6-13-11-15-10-9-14-7-4-5-8-16(14)17(15)12-13;1-2;;;/h2*4-5,7-12H,2-3,6H2,1H3;1-2H2;2*1H;. The molecule has 0 radical (unpaired) electrons. The minimum absolute atomic E-state index is 0. The first-order valence-corrected chi connectivity index (χ1v) is 23.9. The number of allylic oxidation sites excluding steroid dienone is 2. The van der Waals surface area contributed by atoms with Gasteiger partial charge in [-0.2, -0.15) is 0 Å². The second kappa shape index (κ2) is 11.7. The summed E-state index contributed by atoms with van der Waals surface area (Å²) in [6.45, 7) is 4.71. The molecule has 4 aromatic rings. The largest absolute Gasteiger partial charge is 0.147 e. The molecule has 0 saturated carbocycles. The maximum Gasteiger partial charge on any atom is -0.147 e. The normalized spacial score (nSPS) is 20.1. The van der Waals surface area contributed by atoms with Crippen molar-refractivity contribution in [3.8, 4) is 0 Å². The fraction of sp³-hybridized carbons (Fsp3) is 0.333. The third kappa shape index (κ3) is 4.71. The van der Waals surface area contributed by atoms with Crippen LogP contribution in [0.3, 0.4) is 0 Å². The van der Waals surface area contributed by atoms with Crippen molar-refractivity contribution in [3.63, 3.8) is 0 Å². The molecule has 3 aliphatic rings. The minimum Gasteiger partial charge on any atom is -0.147 e. The molecule has 2 aliphatic carbocycles. The van der Waals surface area contributed by atoms with Crippen LogP contribution in [0.1, 0.15) is 82.0 Å². The fourth-order valence-electron chi connectivity index (χ4n) is 7.83. The van der Waals surface area contributed by atoms with Gasteiger partial charge >= 0.3 is 228 Å². The van der Waals surface area contributed by atoms with Gasteiger partial charge < -0.3 is 0 Å². The number of hydrogen-bond acceptors (Lipinski definition) is 0. The van der Waals surface area contributed by atoms with Gasteiger partial charge in [0.05, 0.1) is 0 Å². The number of halogens is 2. The van der Waals surface area contributed by atoms with Crippen molar-refractivity contribution in [3.05, 3.63) is 106 Å². The van der Waals surface area contributed by atoms with E-state index in [-0.39, 0.29) is 24.8 Å². The van der Waals surface area contributed by atoms with E-state index in [1.165, 1.54) is 60.1 Å². The molecule has 1 heterocycles. The molecule has 2 atom stereocenters. The molecule has 39 heavy (non-hydrogen) atoms. The zero-order valence-corrected chi connectivity index (χ0v) is 28.4. The Balaban J connectivity index is 0.00000154. The molecule has 7 rings (SSSR count). The van der Waals surface area contributed by atoms with Gasteiger partial charge in [0.25, 0.3) is 0 Å². The molecule has 1 fully saturated rings. The van der Waals surface area contributed by atoms with Crippen molar-refractivity contribution in [2.75, 3.05) is 0 Å². The molecular formula is C36H40Cl2Hf. The van der Waals surface area contributed by atoms with Crippen LogP contribution in [0.25, 0.3) is 33.7 Å². The third-order valence-electron chi connectivity index (χ3n) is 9.65. The zero-order valence-electron chi connectivity index (χ0n) is 23.2. The molecule has 3 heteroatoms. The van der Waals surface area contributed by atoms with Crippen molar-refractivity contribution in [1.29, 1.82) is 0 Å². The van der Waals surface area contributed by atoms with E-state index in [0.29, 0.717) is 0 Å². The van der Waals surface area contributed by atoms with Gasteiger partial charge in [0.1, 0.15) is 0 Å². The van der Waals surface area contributed by atoms with Crippen LogP contribution in [-0.2, 0) is 20.0 Å². The monoisotopic (exact) mass is 722 g/mol. The number of unbranched alkanes of at least 4 members (excludes halogenated alkanes) is 2. The average molecular weight is 722 g/mol. The summed E-state index contributed by atoms with van der Waals surface area (Å²) in [5, 5.41) is 5.74. The Morgan fingerprint density at radius 2 is 1.03 bits per heavy atom.